The quantitative estimate of drug-likeness (QED) is 0.485. The van der Waals surface area contributed by atoms with Crippen LogP contribution in [0, 0.1) is 0 Å². The van der Waals surface area contributed by atoms with E-state index >= 15 is 0 Å². The molecular weight excluding hydrogens is 435 g/mol. The van der Waals surface area contributed by atoms with Gasteiger partial charge in [-0.2, -0.15) is 23.4 Å². The molecule has 3 N–H and O–H groups in total. The van der Waals surface area contributed by atoms with Crippen LogP contribution in [-0.2, 0) is 12.7 Å². The Morgan fingerprint density at radius 3 is 2.65 bits per heavy atom. The van der Waals surface area contributed by atoms with Crippen LogP contribution in [0.3, 0.4) is 0 Å². The van der Waals surface area contributed by atoms with Gasteiger partial charge in [0.2, 0.25) is 0 Å². The Labute approximate surface area is 176 Å². The molecule has 160 valence electrons. The molecule has 4 rings (SSSR count). The highest BCUT2D eigenvalue weighted by Gasteiger charge is 2.36. The summed E-state index contributed by atoms with van der Waals surface area (Å²) in [5, 5.41) is 11.9. The maximum atomic E-state index is 13.6. The molecule has 0 aliphatic rings. The van der Waals surface area contributed by atoms with Crippen molar-refractivity contribution in [1.82, 2.24) is 24.4 Å². The number of aryl methyl sites for hydroxylation is 1. The molecule has 0 atom stereocenters. The van der Waals surface area contributed by atoms with E-state index in [9.17, 15) is 22.8 Å². The van der Waals surface area contributed by atoms with Crippen LogP contribution in [0.4, 0.5) is 18.9 Å². The number of aromatic nitrogens is 5. The summed E-state index contributed by atoms with van der Waals surface area (Å²) in [6, 6.07) is 5.35. The fourth-order valence-electron chi connectivity index (χ4n) is 2.88. The zero-order valence-corrected chi connectivity index (χ0v) is 16.7. The average molecular weight is 449 g/mol. The van der Waals surface area contributed by atoms with E-state index in [0.717, 1.165) is 12.1 Å². The predicted octanol–water partition coefficient (Wildman–Crippen LogP) is 3.04. The number of primary amides is 1. The number of nitrogens with two attached hydrogens (primary N) is 1. The molecule has 0 radical (unpaired) electrons. The first-order valence-electron chi connectivity index (χ1n) is 8.88. The second-order valence-electron chi connectivity index (χ2n) is 6.37. The Bertz CT molecular complexity index is 1290. The number of fused-ring (bicyclic) bond motifs is 1. The van der Waals surface area contributed by atoms with E-state index in [1.54, 1.807) is 24.4 Å². The lowest BCUT2D eigenvalue weighted by Gasteiger charge is -2.10. The minimum atomic E-state index is -4.73. The van der Waals surface area contributed by atoms with Gasteiger partial charge in [0, 0.05) is 18.8 Å². The van der Waals surface area contributed by atoms with Gasteiger partial charge in [-0.3, -0.25) is 14.3 Å². The topological polar surface area (TPSA) is 120 Å². The molecule has 4 heterocycles. The molecule has 9 nitrogen and oxygen atoms in total. The van der Waals surface area contributed by atoms with Crippen LogP contribution in [0.25, 0.3) is 16.2 Å². The van der Waals surface area contributed by atoms with Gasteiger partial charge in [-0.15, -0.1) is 11.3 Å². The lowest BCUT2D eigenvalue weighted by molar-refractivity contribution is -0.142. The van der Waals surface area contributed by atoms with Gasteiger partial charge in [-0.05, 0) is 24.4 Å². The highest BCUT2D eigenvalue weighted by Crippen LogP contribution is 2.33. The lowest BCUT2D eigenvalue weighted by Crippen LogP contribution is -2.18. The van der Waals surface area contributed by atoms with Crippen molar-refractivity contribution >= 4 is 34.5 Å². The summed E-state index contributed by atoms with van der Waals surface area (Å²) >= 11 is 1.24. The molecule has 2 amide bonds. The van der Waals surface area contributed by atoms with Crippen LogP contribution in [-0.4, -0.2) is 36.2 Å². The third-order valence-corrected chi connectivity index (χ3v) is 5.18. The second-order valence-corrected chi connectivity index (χ2v) is 7.31. The Balaban J connectivity index is 1.76. The van der Waals surface area contributed by atoms with E-state index in [2.05, 4.69) is 20.5 Å². The molecule has 0 fully saturated rings. The number of alkyl halides is 3. The molecular formula is C18H14F3N7O2S. The number of anilines is 1. The van der Waals surface area contributed by atoms with Gasteiger partial charge in [-0.1, -0.05) is 6.07 Å². The van der Waals surface area contributed by atoms with Crippen LogP contribution in [0.5, 0.6) is 0 Å². The van der Waals surface area contributed by atoms with Gasteiger partial charge in [-0.25, -0.2) is 9.50 Å². The fraction of sp³-hybridized carbons (Fsp3) is 0.167. The number of thiophene rings is 1. The van der Waals surface area contributed by atoms with Gasteiger partial charge in [0.05, 0.1) is 16.3 Å². The largest absolute Gasteiger partial charge is 0.433 e. The van der Waals surface area contributed by atoms with Crippen molar-refractivity contribution in [1.29, 1.82) is 0 Å². The zero-order valence-electron chi connectivity index (χ0n) is 15.8. The molecule has 31 heavy (non-hydrogen) atoms. The minimum Gasteiger partial charge on any atom is -0.364 e. The van der Waals surface area contributed by atoms with Crippen LogP contribution in [0.1, 0.15) is 33.6 Å². The number of carbonyl (C=O) groups excluding carboxylic acids is 2. The smallest absolute Gasteiger partial charge is 0.364 e. The molecule has 0 spiro atoms. The van der Waals surface area contributed by atoms with Crippen molar-refractivity contribution in [3.05, 3.63) is 52.9 Å². The SMILES string of the molecule is CCn1cc(NC(=O)c2cc3nc(-c4cccs4)cc(C(F)(F)F)n3n2)c(C(N)=O)n1. The minimum absolute atomic E-state index is 0.0275. The molecule has 0 aromatic carbocycles. The number of halogens is 3. The molecule has 0 bridgehead atoms. The summed E-state index contributed by atoms with van der Waals surface area (Å²) < 4.78 is 42.8. The Hall–Kier alpha value is -3.74. The molecule has 0 aliphatic carbocycles. The van der Waals surface area contributed by atoms with Crippen LogP contribution >= 0.6 is 11.3 Å². The van der Waals surface area contributed by atoms with E-state index in [1.807, 2.05) is 0 Å². The first-order valence-corrected chi connectivity index (χ1v) is 9.76. The standard InChI is InChI=1S/C18H14F3N7O2S/c1-2-27-8-11(15(26-27)16(22)29)24-17(30)10-7-14-23-9(12-4-3-5-31-12)6-13(18(19,20)21)28(14)25-10/h3-8H,2H2,1H3,(H2,22,29)(H,24,30). The van der Waals surface area contributed by atoms with Crippen molar-refractivity contribution in [2.75, 3.05) is 5.32 Å². The van der Waals surface area contributed by atoms with Crippen molar-refractivity contribution in [2.45, 2.75) is 19.6 Å². The van der Waals surface area contributed by atoms with E-state index in [0.29, 0.717) is 15.9 Å². The summed E-state index contributed by atoms with van der Waals surface area (Å²) in [5.74, 6) is -1.70. The number of amides is 2. The summed E-state index contributed by atoms with van der Waals surface area (Å²) in [4.78, 5) is 28.9. The zero-order chi connectivity index (χ0) is 22.3. The molecule has 4 aromatic heterocycles. The van der Waals surface area contributed by atoms with Crippen molar-refractivity contribution in [3.63, 3.8) is 0 Å². The summed E-state index contributed by atoms with van der Waals surface area (Å²) in [6.45, 7) is 2.18. The average Bonchev–Trinajstić information content (AvgIpc) is 3.44. The number of carbonyl (C=O) groups is 2. The Morgan fingerprint density at radius 2 is 2.03 bits per heavy atom. The Kier molecular flexibility index (Phi) is 4.97. The van der Waals surface area contributed by atoms with Crippen LogP contribution in [0.15, 0.2) is 35.8 Å². The highest BCUT2D eigenvalue weighted by atomic mass is 32.1. The van der Waals surface area contributed by atoms with E-state index in [1.165, 1.54) is 22.2 Å². The molecule has 0 aliphatic heterocycles. The van der Waals surface area contributed by atoms with E-state index in [4.69, 9.17) is 5.73 Å². The van der Waals surface area contributed by atoms with Gasteiger partial charge < -0.3 is 11.1 Å². The second kappa shape index (κ2) is 7.50. The van der Waals surface area contributed by atoms with Gasteiger partial charge in [0.1, 0.15) is 0 Å². The van der Waals surface area contributed by atoms with Gasteiger partial charge >= 0.3 is 6.18 Å². The van der Waals surface area contributed by atoms with Gasteiger partial charge in [0.15, 0.2) is 22.7 Å². The molecule has 0 saturated carbocycles. The third kappa shape index (κ3) is 3.86. The molecule has 0 unspecified atom stereocenters. The molecule has 0 saturated heterocycles. The number of rotatable bonds is 5. The fourth-order valence-corrected chi connectivity index (χ4v) is 3.57. The summed E-state index contributed by atoms with van der Waals surface area (Å²) in [6.07, 6.45) is -3.34. The van der Waals surface area contributed by atoms with E-state index < -0.39 is 23.7 Å². The van der Waals surface area contributed by atoms with Crippen molar-refractivity contribution in [2.24, 2.45) is 5.73 Å². The first kappa shape index (κ1) is 20.5. The molecule has 13 heteroatoms. The maximum Gasteiger partial charge on any atom is 0.433 e. The maximum absolute atomic E-state index is 13.6. The third-order valence-electron chi connectivity index (χ3n) is 4.29. The number of nitrogens with zero attached hydrogens (tertiary/aromatic N) is 5. The van der Waals surface area contributed by atoms with Crippen molar-refractivity contribution in [3.8, 4) is 10.6 Å². The lowest BCUT2D eigenvalue weighted by atomic mass is 10.2. The van der Waals surface area contributed by atoms with Gasteiger partial charge in [0.25, 0.3) is 11.8 Å². The highest BCUT2D eigenvalue weighted by molar-refractivity contribution is 7.13. The van der Waals surface area contributed by atoms with Crippen LogP contribution < -0.4 is 11.1 Å². The number of hydrogen-bond donors (Lipinski definition) is 2. The first-order chi connectivity index (χ1) is 14.7. The monoisotopic (exact) mass is 449 g/mol. The normalized spacial score (nSPS) is 11.7. The van der Waals surface area contributed by atoms with Crippen molar-refractivity contribution < 1.29 is 22.8 Å². The Morgan fingerprint density at radius 1 is 1.26 bits per heavy atom. The summed E-state index contributed by atoms with van der Waals surface area (Å²) in [5.41, 5.74) is 3.70. The van der Waals surface area contributed by atoms with E-state index in [-0.39, 0.29) is 28.4 Å². The number of hydrogen-bond acceptors (Lipinski definition) is 6. The molecule has 4 aromatic rings. The van der Waals surface area contributed by atoms with Crippen LogP contribution in [0.2, 0.25) is 0 Å². The number of nitrogens with one attached hydrogen (secondary N) is 1. The predicted molar refractivity (Wildman–Crippen MR) is 106 cm³/mol. The summed E-state index contributed by atoms with van der Waals surface area (Å²) in [7, 11) is 0.